The number of unbranched alkanes of at least 4 members (excludes halogenated alkanes) is 1. The van der Waals surface area contributed by atoms with Crippen molar-refractivity contribution in [2.75, 3.05) is 18.0 Å². The number of para-hydroxylation sites is 2. The molecule has 0 aliphatic carbocycles. The van der Waals surface area contributed by atoms with Crippen molar-refractivity contribution in [3.63, 3.8) is 0 Å². The molecule has 2 atom stereocenters. The van der Waals surface area contributed by atoms with Crippen molar-refractivity contribution in [1.82, 2.24) is 5.32 Å². The van der Waals surface area contributed by atoms with E-state index in [9.17, 15) is 9.59 Å². The molecule has 1 aromatic carbocycles. The van der Waals surface area contributed by atoms with Gasteiger partial charge in [-0.1, -0.05) is 31.9 Å². The highest BCUT2D eigenvalue weighted by Gasteiger charge is 2.32. The first-order valence-corrected chi connectivity index (χ1v) is 8.13. The molecular formula is C17H26ClN3O3. The van der Waals surface area contributed by atoms with Crippen LogP contribution in [0.25, 0.3) is 0 Å². The number of nitrogens with zero attached hydrogens (tertiary/aromatic N) is 1. The van der Waals surface area contributed by atoms with Gasteiger partial charge in [-0.05, 0) is 25.5 Å². The number of hydrogen-bond acceptors (Lipinski definition) is 4. The Kier molecular flexibility index (Phi) is 8.01. The molecule has 0 bridgehead atoms. The van der Waals surface area contributed by atoms with Gasteiger partial charge in [-0.15, -0.1) is 12.4 Å². The maximum atomic E-state index is 12.3. The van der Waals surface area contributed by atoms with Crippen molar-refractivity contribution >= 4 is 29.9 Å². The van der Waals surface area contributed by atoms with Crippen molar-refractivity contribution in [1.29, 1.82) is 0 Å². The van der Waals surface area contributed by atoms with Crippen LogP contribution in [-0.4, -0.2) is 37.0 Å². The van der Waals surface area contributed by atoms with Crippen LogP contribution in [0.4, 0.5) is 5.69 Å². The van der Waals surface area contributed by atoms with Gasteiger partial charge in [0.2, 0.25) is 5.91 Å². The van der Waals surface area contributed by atoms with E-state index in [-0.39, 0.29) is 36.8 Å². The number of nitrogens with one attached hydrogen (secondary N) is 1. The lowest BCUT2D eigenvalue weighted by atomic mass is 10.1. The third-order valence-corrected chi connectivity index (χ3v) is 3.93. The highest BCUT2D eigenvalue weighted by Crippen LogP contribution is 2.33. The molecule has 0 fully saturated rings. The Morgan fingerprint density at radius 3 is 2.79 bits per heavy atom. The number of hydrogen-bond donors (Lipinski definition) is 2. The van der Waals surface area contributed by atoms with Crippen LogP contribution in [0, 0.1) is 0 Å². The van der Waals surface area contributed by atoms with Crippen LogP contribution in [0.2, 0.25) is 0 Å². The summed E-state index contributed by atoms with van der Waals surface area (Å²) in [5.41, 5.74) is 6.33. The first-order chi connectivity index (χ1) is 11.1. The molecule has 2 unspecified atom stereocenters. The molecule has 7 heteroatoms. The third kappa shape index (κ3) is 4.85. The Morgan fingerprint density at radius 1 is 1.42 bits per heavy atom. The van der Waals surface area contributed by atoms with E-state index >= 15 is 0 Å². The summed E-state index contributed by atoms with van der Waals surface area (Å²) in [6.45, 7) is 4.16. The second kappa shape index (κ2) is 9.49. The maximum absolute atomic E-state index is 12.3. The molecule has 1 aliphatic rings. The number of amides is 2. The molecule has 0 radical (unpaired) electrons. The van der Waals surface area contributed by atoms with E-state index < -0.39 is 6.10 Å². The zero-order valence-electron chi connectivity index (χ0n) is 14.2. The van der Waals surface area contributed by atoms with Gasteiger partial charge in [0.05, 0.1) is 5.69 Å². The molecule has 24 heavy (non-hydrogen) atoms. The minimum Gasteiger partial charge on any atom is -0.479 e. The second-order valence-corrected chi connectivity index (χ2v) is 5.79. The monoisotopic (exact) mass is 355 g/mol. The lowest BCUT2D eigenvalue weighted by Crippen LogP contribution is -2.51. The Labute approximate surface area is 149 Å². The molecule has 2 amide bonds. The smallest absolute Gasteiger partial charge is 0.268 e. The largest absolute Gasteiger partial charge is 0.479 e. The minimum absolute atomic E-state index is 0. The van der Waals surface area contributed by atoms with Crippen LogP contribution >= 0.6 is 12.4 Å². The fourth-order valence-electron chi connectivity index (χ4n) is 2.64. The van der Waals surface area contributed by atoms with E-state index in [1.54, 1.807) is 19.1 Å². The molecule has 0 aromatic heterocycles. The molecule has 134 valence electrons. The number of carbonyl (C=O) groups excluding carboxylic acids is 2. The zero-order chi connectivity index (χ0) is 16.8. The van der Waals surface area contributed by atoms with Gasteiger partial charge in [0.25, 0.3) is 5.91 Å². The quantitative estimate of drug-likeness (QED) is 0.781. The molecule has 3 N–H and O–H groups in total. The Balaban J connectivity index is 0.00000288. The van der Waals surface area contributed by atoms with Gasteiger partial charge < -0.3 is 15.8 Å². The summed E-state index contributed by atoms with van der Waals surface area (Å²) in [7, 11) is 0. The van der Waals surface area contributed by atoms with Gasteiger partial charge in [-0.3, -0.25) is 14.5 Å². The summed E-state index contributed by atoms with van der Waals surface area (Å²) in [5.74, 6) is 0.208. The summed E-state index contributed by atoms with van der Waals surface area (Å²) in [5, 5.41) is 2.92. The first-order valence-electron chi connectivity index (χ1n) is 8.13. The highest BCUT2D eigenvalue weighted by atomic mass is 35.5. The lowest BCUT2D eigenvalue weighted by Gasteiger charge is -2.32. The fourth-order valence-corrected chi connectivity index (χ4v) is 2.64. The van der Waals surface area contributed by atoms with E-state index in [0.717, 1.165) is 19.3 Å². The van der Waals surface area contributed by atoms with Gasteiger partial charge in [0, 0.05) is 12.6 Å². The second-order valence-electron chi connectivity index (χ2n) is 5.79. The van der Waals surface area contributed by atoms with E-state index in [0.29, 0.717) is 18.0 Å². The molecule has 1 aromatic rings. The molecular weight excluding hydrogens is 330 g/mol. The van der Waals surface area contributed by atoms with Gasteiger partial charge in [-0.25, -0.2) is 0 Å². The average molecular weight is 356 g/mol. The summed E-state index contributed by atoms with van der Waals surface area (Å²) >= 11 is 0. The maximum Gasteiger partial charge on any atom is 0.268 e. The number of anilines is 1. The Hall–Kier alpha value is -1.79. The average Bonchev–Trinajstić information content (AvgIpc) is 2.55. The summed E-state index contributed by atoms with van der Waals surface area (Å²) in [6.07, 6.45) is 2.32. The summed E-state index contributed by atoms with van der Waals surface area (Å²) < 4.78 is 5.57. The predicted molar refractivity (Wildman–Crippen MR) is 96.6 cm³/mol. The van der Waals surface area contributed by atoms with E-state index in [1.807, 2.05) is 12.1 Å². The summed E-state index contributed by atoms with van der Waals surface area (Å²) in [6, 6.07) is 7.19. The number of nitrogens with two attached hydrogens (primary N) is 1. The fraction of sp³-hybridized carbons (Fsp3) is 0.529. The third-order valence-electron chi connectivity index (χ3n) is 3.93. The normalized spacial score (nSPS) is 17.4. The SMILES string of the molecule is CCCCC(CN)NC(=O)CN1C(=O)C(C)Oc2ccccc21.Cl. The van der Waals surface area contributed by atoms with Crippen LogP contribution in [-0.2, 0) is 9.59 Å². The van der Waals surface area contributed by atoms with Gasteiger partial charge in [0.1, 0.15) is 12.3 Å². The molecule has 0 saturated carbocycles. The van der Waals surface area contributed by atoms with Crippen molar-refractivity contribution in [3.8, 4) is 5.75 Å². The van der Waals surface area contributed by atoms with Crippen LogP contribution < -0.4 is 20.7 Å². The lowest BCUT2D eigenvalue weighted by molar-refractivity contribution is -0.128. The number of benzene rings is 1. The van der Waals surface area contributed by atoms with E-state index in [4.69, 9.17) is 10.5 Å². The molecule has 0 saturated heterocycles. The molecule has 1 heterocycles. The van der Waals surface area contributed by atoms with Crippen LogP contribution in [0.3, 0.4) is 0 Å². The highest BCUT2D eigenvalue weighted by molar-refractivity contribution is 6.03. The van der Waals surface area contributed by atoms with Crippen LogP contribution in [0.1, 0.15) is 33.1 Å². The van der Waals surface area contributed by atoms with E-state index in [1.165, 1.54) is 4.90 Å². The Bertz CT molecular complexity index is 568. The van der Waals surface area contributed by atoms with Gasteiger partial charge >= 0.3 is 0 Å². The van der Waals surface area contributed by atoms with Crippen molar-refractivity contribution in [3.05, 3.63) is 24.3 Å². The van der Waals surface area contributed by atoms with Crippen molar-refractivity contribution in [2.45, 2.75) is 45.3 Å². The Morgan fingerprint density at radius 2 is 2.12 bits per heavy atom. The van der Waals surface area contributed by atoms with E-state index in [2.05, 4.69) is 12.2 Å². The molecule has 2 rings (SSSR count). The topological polar surface area (TPSA) is 84.7 Å². The molecule has 0 spiro atoms. The standard InChI is InChI=1S/C17H25N3O3.ClH/c1-3-4-7-13(10-18)19-16(21)11-20-14-8-5-6-9-15(14)23-12(2)17(20)22;/h5-6,8-9,12-13H,3-4,7,10-11,18H2,1-2H3,(H,19,21);1H. The number of rotatable bonds is 7. The molecule has 6 nitrogen and oxygen atoms in total. The number of ether oxygens (including phenoxy) is 1. The van der Waals surface area contributed by atoms with Crippen LogP contribution in [0.15, 0.2) is 24.3 Å². The van der Waals surface area contributed by atoms with Crippen molar-refractivity contribution in [2.24, 2.45) is 5.73 Å². The van der Waals surface area contributed by atoms with Crippen LogP contribution in [0.5, 0.6) is 5.75 Å². The van der Waals surface area contributed by atoms with Gasteiger partial charge in [-0.2, -0.15) is 0 Å². The minimum atomic E-state index is -0.594. The first kappa shape index (κ1) is 20.3. The predicted octanol–water partition coefficient (Wildman–Crippen LogP) is 1.86. The number of carbonyl (C=O) groups is 2. The zero-order valence-corrected chi connectivity index (χ0v) is 15.0. The van der Waals surface area contributed by atoms with Gasteiger partial charge in [0.15, 0.2) is 6.10 Å². The number of fused-ring (bicyclic) bond motifs is 1. The summed E-state index contributed by atoms with van der Waals surface area (Å²) in [4.78, 5) is 26.1. The van der Waals surface area contributed by atoms with Crippen molar-refractivity contribution < 1.29 is 14.3 Å². The molecule has 1 aliphatic heterocycles. The number of halogens is 1.